The lowest BCUT2D eigenvalue weighted by atomic mass is 10.1. The third-order valence-corrected chi connectivity index (χ3v) is 4.64. The first-order valence-corrected chi connectivity index (χ1v) is 13.2. The summed E-state index contributed by atoms with van der Waals surface area (Å²) in [5.41, 5.74) is 0.120. The zero-order valence-corrected chi connectivity index (χ0v) is 23.5. The summed E-state index contributed by atoms with van der Waals surface area (Å²) in [6, 6.07) is 0. The Labute approximate surface area is 218 Å². The zero-order valence-electron chi connectivity index (χ0n) is 23.5. The Balaban J connectivity index is 3.08. The molecular formula is C26H53NO9. The lowest BCUT2D eigenvalue weighted by molar-refractivity contribution is -0.123. The molecule has 10 heteroatoms. The van der Waals surface area contributed by atoms with E-state index in [0.29, 0.717) is 112 Å². The molecule has 0 rings (SSSR count). The number of Topliss-reactive ketones (excluding diaryl/α,β-unsaturated/α-hetero) is 1. The number of carbonyl (C=O) groups is 1. The second kappa shape index (κ2) is 25.9. The number of ketones is 1. The molecule has 1 N–H and O–H groups in total. The van der Waals surface area contributed by atoms with E-state index in [2.05, 4.69) is 26.1 Å². The van der Waals surface area contributed by atoms with Crippen molar-refractivity contribution in [2.24, 2.45) is 5.92 Å². The summed E-state index contributed by atoms with van der Waals surface area (Å²) in [7, 11) is 0. The minimum Gasteiger partial charge on any atom is -0.379 e. The van der Waals surface area contributed by atoms with Gasteiger partial charge in [0.2, 0.25) is 0 Å². The van der Waals surface area contributed by atoms with Crippen molar-refractivity contribution in [2.75, 3.05) is 112 Å². The van der Waals surface area contributed by atoms with Crippen LogP contribution in [-0.2, 0) is 42.7 Å². The first-order chi connectivity index (χ1) is 17.3. The van der Waals surface area contributed by atoms with Crippen LogP contribution >= 0.6 is 0 Å². The van der Waals surface area contributed by atoms with E-state index in [1.165, 1.54) is 0 Å². The summed E-state index contributed by atoms with van der Waals surface area (Å²) in [6.07, 6.45) is 0.461. The highest BCUT2D eigenvalue weighted by Crippen LogP contribution is 1.98. The van der Waals surface area contributed by atoms with E-state index in [4.69, 9.17) is 37.9 Å². The molecule has 0 fully saturated rings. The standard InChI is InChI=1S/C26H53NO9/c1-24(2)25(28)6-8-29-10-12-31-14-16-33-18-20-35-22-23-36-21-19-34-17-15-32-13-11-30-9-7-27-26(3,4)5/h24,27H,6-23H2,1-5H3. The molecule has 0 spiro atoms. The van der Waals surface area contributed by atoms with Crippen molar-refractivity contribution in [3.05, 3.63) is 0 Å². The van der Waals surface area contributed by atoms with Crippen molar-refractivity contribution in [1.29, 1.82) is 0 Å². The Morgan fingerprint density at radius 1 is 0.528 bits per heavy atom. The Kier molecular flexibility index (Phi) is 25.4. The van der Waals surface area contributed by atoms with Crippen LogP contribution in [0.2, 0.25) is 0 Å². The van der Waals surface area contributed by atoms with Gasteiger partial charge in [0.1, 0.15) is 5.78 Å². The molecule has 0 atom stereocenters. The molecule has 0 unspecified atom stereocenters. The maximum atomic E-state index is 11.4. The lowest BCUT2D eigenvalue weighted by Gasteiger charge is -2.20. The maximum Gasteiger partial charge on any atom is 0.137 e. The van der Waals surface area contributed by atoms with Gasteiger partial charge >= 0.3 is 0 Å². The van der Waals surface area contributed by atoms with E-state index in [1.54, 1.807) is 0 Å². The van der Waals surface area contributed by atoms with Crippen molar-refractivity contribution < 1.29 is 42.7 Å². The molecule has 0 aliphatic carbocycles. The van der Waals surface area contributed by atoms with Crippen LogP contribution in [0.3, 0.4) is 0 Å². The number of ether oxygens (including phenoxy) is 8. The van der Waals surface area contributed by atoms with Gasteiger partial charge < -0.3 is 43.2 Å². The smallest absolute Gasteiger partial charge is 0.137 e. The summed E-state index contributed by atoms with van der Waals surface area (Å²) < 4.78 is 43.5. The van der Waals surface area contributed by atoms with Gasteiger partial charge in [-0.15, -0.1) is 0 Å². The highest BCUT2D eigenvalue weighted by atomic mass is 16.6. The van der Waals surface area contributed by atoms with Crippen LogP contribution < -0.4 is 5.32 Å². The van der Waals surface area contributed by atoms with Gasteiger partial charge in [0, 0.05) is 24.4 Å². The summed E-state index contributed by atoms with van der Waals surface area (Å²) in [5, 5.41) is 3.37. The fourth-order valence-electron chi connectivity index (χ4n) is 2.60. The Morgan fingerprint density at radius 3 is 1.08 bits per heavy atom. The van der Waals surface area contributed by atoms with E-state index in [1.807, 2.05) is 13.8 Å². The van der Waals surface area contributed by atoms with Crippen LogP contribution in [0, 0.1) is 5.92 Å². The number of hydrogen-bond acceptors (Lipinski definition) is 10. The zero-order chi connectivity index (χ0) is 26.7. The molecular weight excluding hydrogens is 470 g/mol. The Bertz CT molecular complexity index is 473. The van der Waals surface area contributed by atoms with Gasteiger partial charge in [0.15, 0.2) is 0 Å². The fraction of sp³-hybridized carbons (Fsp3) is 0.962. The number of rotatable bonds is 28. The fourth-order valence-corrected chi connectivity index (χ4v) is 2.60. The topological polar surface area (TPSA) is 103 Å². The van der Waals surface area contributed by atoms with Crippen molar-refractivity contribution in [2.45, 2.75) is 46.6 Å². The van der Waals surface area contributed by atoms with Crippen LogP contribution in [0.4, 0.5) is 0 Å². The maximum absolute atomic E-state index is 11.4. The molecule has 0 aliphatic rings. The van der Waals surface area contributed by atoms with Gasteiger partial charge in [-0.1, -0.05) is 13.8 Å². The van der Waals surface area contributed by atoms with E-state index in [-0.39, 0.29) is 17.2 Å². The molecule has 0 bridgehead atoms. The molecule has 216 valence electrons. The van der Waals surface area contributed by atoms with Crippen LogP contribution in [0.1, 0.15) is 41.0 Å². The monoisotopic (exact) mass is 523 g/mol. The van der Waals surface area contributed by atoms with Gasteiger partial charge in [0.05, 0.1) is 106 Å². The quantitative estimate of drug-likeness (QED) is 0.153. The molecule has 36 heavy (non-hydrogen) atoms. The van der Waals surface area contributed by atoms with Crippen LogP contribution in [-0.4, -0.2) is 124 Å². The van der Waals surface area contributed by atoms with Crippen molar-refractivity contribution in [3.63, 3.8) is 0 Å². The minimum atomic E-state index is 0.0670. The van der Waals surface area contributed by atoms with Crippen molar-refractivity contribution in [3.8, 4) is 0 Å². The van der Waals surface area contributed by atoms with E-state index < -0.39 is 0 Å². The lowest BCUT2D eigenvalue weighted by Crippen LogP contribution is -2.38. The normalized spacial score (nSPS) is 12.1. The highest BCUT2D eigenvalue weighted by molar-refractivity contribution is 5.80. The minimum absolute atomic E-state index is 0.0670. The number of hydrogen-bond donors (Lipinski definition) is 1. The van der Waals surface area contributed by atoms with Crippen LogP contribution in [0.25, 0.3) is 0 Å². The number of nitrogens with one attached hydrogen (secondary N) is 1. The summed E-state index contributed by atoms with van der Waals surface area (Å²) in [6.45, 7) is 19.5. The molecule has 0 saturated heterocycles. The third kappa shape index (κ3) is 29.5. The van der Waals surface area contributed by atoms with E-state index in [9.17, 15) is 4.79 Å². The second-order valence-electron chi connectivity index (χ2n) is 9.45. The largest absolute Gasteiger partial charge is 0.379 e. The Morgan fingerprint density at radius 2 is 0.806 bits per heavy atom. The first kappa shape index (κ1) is 35.3. The third-order valence-electron chi connectivity index (χ3n) is 4.64. The highest BCUT2D eigenvalue weighted by Gasteiger charge is 2.07. The van der Waals surface area contributed by atoms with E-state index >= 15 is 0 Å². The van der Waals surface area contributed by atoms with Crippen LogP contribution in [0.15, 0.2) is 0 Å². The van der Waals surface area contributed by atoms with Gasteiger partial charge in [-0.05, 0) is 20.8 Å². The van der Waals surface area contributed by atoms with Crippen molar-refractivity contribution >= 4 is 5.78 Å². The molecule has 0 radical (unpaired) electrons. The molecule has 0 aliphatic heterocycles. The van der Waals surface area contributed by atoms with Crippen LogP contribution in [0.5, 0.6) is 0 Å². The van der Waals surface area contributed by atoms with Gasteiger partial charge in [-0.3, -0.25) is 4.79 Å². The average Bonchev–Trinajstić information content (AvgIpc) is 2.82. The molecule has 10 nitrogen and oxygen atoms in total. The first-order valence-electron chi connectivity index (χ1n) is 13.2. The molecule has 0 aromatic rings. The summed E-state index contributed by atoms with van der Waals surface area (Å²) in [5.74, 6) is 0.291. The molecule has 0 heterocycles. The number of carbonyl (C=O) groups excluding carboxylic acids is 1. The Hall–Kier alpha value is -0.690. The predicted octanol–water partition coefficient (Wildman–Crippen LogP) is 2.12. The molecule has 0 amide bonds. The van der Waals surface area contributed by atoms with Gasteiger partial charge in [0.25, 0.3) is 0 Å². The van der Waals surface area contributed by atoms with Crippen molar-refractivity contribution in [1.82, 2.24) is 5.32 Å². The van der Waals surface area contributed by atoms with Gasteiger partial charge in [-0.2, -0.15) is 0 Å². The predicted molar refractivity (Wildman–Crippen MR) is 139 cm³/mol. The van der Waals surface area contributed by atoms with E-state index in [0.717, 1.165) is 6.54 Å². The average molecular weight is 524 g/mol. The molecule has 0 aromatic carbocycles. The summed E-state index contributed by atoms with van der Waals surface area (Å²) in [4.78, 5) is 11.4. The SMILES string of the molecule is CC(C)C(=O)CCOCCOCCOCCOCCOCCOCCOCCOCCNC(C)(C)C. The summed E-state index contributed by atoms with van der Waals surface area (Å²) >= 11 is 0. The second-order valence-corrected chi connectivity index (χ2v) is 9.45. The molecule has 0 aromatic heterocycles. The van der Waals surface area contributed by atoms with Gasteiger partial charge in [-0.25, -0.2) is 0 Å². The molecule has 0 saturated carbocycles.